The highest BCUT2D eigenvalue weighted by Gasteiger charge is 2.19. The molecule has 0 radical (unpaired) electrons. The minimum absolute atomic E-state index is 0.236. The Balaban J connectivity index is 1.97. The zero-order valence-corrected chi connectivity index (χ0v) is 13.1. The van der Waals surface area contributed by atoms with Crippen molar-refractivity contribution in [1.29, 1.82) is 0 Å². The number of thiazole rings is 1. The van der Waals surface area contributed by atoms with Crippen molar-refractivity contribution >= 4 is 32.6 Å². The number of carbonyl (C=O) groups excluding carboxylic acids is 1. The second-order valence-electron chi connectivity index (χ2n) is 5.05. The van der Waals surface area contributed by atoms with Crippen LogP contribution in [0.1, 0.15) is 32.9 Å². The summed E-state index contributed by atoms with van der Waals surface area (Å²) in [5, 5.41) is 7.23. The summed E-state index contributed by atoms with van der Waals surface area (Å²) in [5.74, 6) is 0.277. The van der Waals surface area contributed by atoms with Crippen molar-refractivity contribution in [1.82, 2.24) is 10.1 Å². The highest BCUT2D eigenvalue weighted by atomic mass is 32.1. The highest BCUT2D eigenvalue weighted by molar-refractivity contribution is 7.22. The molecule has 3 aromatic rings. The van der Waals surface area contributed by atoms with Crippen molar-refractivity contribution in [3.63, 3.8) is 0 Å². The molecule has 2 aromatic heterocycles. The van der Waals surface area contributed by atoms with Gasteiger partial charge in [-0.25, -0.2) is 4.98 Å². The van der Waals surface area contributed by atoms with Gasteiger partial charge in [-0.3, -0.25) is 10.1 Å². The largest absolute Gasteiger partial charge is 0.361 e. The van der Waals surface area contributed by atoms with Gasteiger partial charge in [0, 0.05) is 0 Å². The zero-order chi connectivity index (χ0) is 15.1. The van der Waals surface area contributed by atoms with E-state index < -0.39 is 0 Å². The van der Waals surface area contributed by atoms with Crippen molar-refractivity contribution < 1.29 is 9.32 Å². The van der Waals surface area contributed by atoms with Crippen molar-refractivity contribution in [3.05, 3.63) is 40.3 Å². The predicted molar refractivity (Wildman–Crippen MR) is 83.0 cm³/mol. The number of nitrogens with zero attached hydrogens (tertiary/aromatic N) is 2. The molecule has 21 heavy (non-hydrogen) atoms. The summed E-state index contributed by atoms with van der Waals surface area (Å²) in [6.07, 6.45) is 0. The molecule has 0 aliphatic rings. The molecule has 108 valence electrons. The first-order valence-corrected chi connectivity index (χ1v) is 7.40. The summed E-state index contributed by atoms with van der Waals surface area (Å²) in [7, 11) is 0. The zero-order valence-electron chi connectivity index (χ0n) is 12.3. The molecule has 0 bridgehead atoms. The summed E-state index contributed by atoms with van der Waals surface area (Å²) < 4.78 is 6.12. The number of rotatable bonds is 2. The number of anilines is 1. The Labute approximate surface area is 126 Å². The lowest BCUT2D eigenvalue weighted by atomic mass is 10.1. The van der Waals surface area contributed by atoms with E-state index in [0.717, 1.165) is 21.3 Å². The van der Waals surface area contributed by atoms with Crippen LogP contribution in [0.4, 0.5) is 5.13 Å². The molecular weight excluding hydrogens is 286 g/mol. The average molecular weight is 301 g/mol. The first-order valence-electron chi connectivity index (χ1n) is 6.58. The van der Waals surface area contributed by atoms with Crippen molar-refractivity contribution in [3.8, 4) is 0 Å². The third-order valence-electron chi connectivity index (χ3n) is 3.42. The van der Waals surface area contributed by atoms with Gasteiger partial charge < -0.3 is 4.52 Å². The van der Waals surface area contributed by atoms with Crippen LogP contribution in [-0.2, 0) is 0 Å². The van der Waals surface area contributed by atoms with Gasteiger partial charge in [-0.1, -0.05) is 28.6 Å². The van der Waals surface area contributed by atoms with Gasteiger partial charge in [0.1, 0.15) is 11.3 Å². The lowest BCUT2D eigenvalue weighted by Crippen LogP contribution is -2.13. The van der Waals surface area contributed by atoms with E-state index in [9.17, 15) is 4.79 Å². The standard InChI is InChI=1S/C15H15N3O2S/c1-7-5-6-8(2)13-12(7)16-15(21-13)17-14(19)11-9(3)18-20-10(11)4/h5-6H,1-4H3,(H,16,17,19). The predicted octanol–water partition coefficient (Wildman–Crippen LogP) is 3.77. The molecule has 5 nitrogen and oxygen atoms in total. The number of nitrogens with one attached hydrogen (secondary N) is 1. The lowest BCUT2D eigenvalue weighted by Gasteiger charge is -1.99. The molecule has 0 atom stereocenters. The van der Waals surface area contributed by atoms with Crippen LogP contribution < -0.4 is 5.32 Å². The first kappa shape index (κ1) is 13.8. The van der Waals surface area contributed by atoms with Crippen molar-refractivity contribution in [2.75, 3.05) is 5.32 Å². The van der Waals surface area contributed by atoms with E-state index in [0.29, 0.717) is 22.1 Å². The SMILES string of the molecule is Cc1noc(C)c1C(=O)Nc1nc2c(C)ccc(C)c2s1. The monoisotopic (exact) mass is 301 g/mol. The molecule has 0 fully saturated rings. The Kier molecular flexibility index (Phi) is 3.25. The van der Waals surface area contributed by atoms with Gasteiger partial charge >= 0.3 is 0 Å². The second-order valence-corrected chi connectivity index (χ2v) is 6.05. The van der Waals surface area contributed by atoms with Crippen LogP contribution in [0.2, 0.25) is 0 Å². The lowest BCUT2D eigenvalue weighted by molar-refractivity contribution is 0.102. The van der Waals surface area contributed by atoms with E-state index >= 15 is 0 Å². The van der Waals surface area contributed by atoms with Crippen LogP contribution in [0.15, 0.2) is 16.7 Å². The summed E-state index contributed by atoms with van der Waals surface area (Å²) in [6, 6.07) is 4.10. The van der Waals surface area contributed by atoms with E-state index in [-0.39, 0.29) is 5.91 Å². The molecule has 0 unspecified atom stereocenters. The number of aryl methyl sites for hydroxylation is 4. The highest BCUT2D eigenvalue weighted by Crippen LogP contribution is 2.31. The summed E-state index contributed by atoms with van der Waals surface area (Å²) in [5.41, 5.74) is 4.26. The molecule has 0 spiro atoms. The summed E-state index contributed by atoms with van der Waals surface area (Å²) >= 11 is 1.48. The van der Waals surface area contributed by atoms with Crippen LogP contribution >= 0.6 is 11.3 Å². The van der Waals surface area contributed by atoms with E-state index in [1.54, 1.807) is 13.8 Å². The second kappa shape index (κ2) is 4.96. The smallest absolute Gasteiger partial charge is 0.262 e. The molecule has 0 saturated carbocycles. The maximum atomic E-state index is 12.3. The van der Waals surface area contributed by atoms with E-state index in [2.05, 4.69) is 21.5 Å². The molecule has 6 heteroatoms. The van der Waals surface area contributed by atoms with Gasteiger partial charge in [0.05, 0.1) is 15.9 Å². The number of hydrogen-bond acceptors (Lipinski definition) is 5. The first-order chi connectivity index (χ1) is 9.97. The van der Waals surface area contributed by atoms with E-state index in [4.69, 9.17) is 4.52 Å². The number of hydrogen-bond donors (Lipinski definition) is 1. The van der Waals surface area contributed by atoms with Crippen LogP contribution in [0, 0.1) is 27.7 Å². The molecule has 3 rings (SSSR count). The maximum absolute atomic E-state index is 12.3. The Morgan fingerprint density at radius 3 is 2.52 bits per heavy atom. The van der Waals surface area contributed by atoms with E-state index in [1.807, 2.05) is 19.9 Å². The summed E-state index contributed by atoms with van der Waals surface area (Å²) in [6.45, 7) is 7.53. The number of carbonyl (C=O) groups is 1. The third-order valence-corrected chi connectivity index (χ3v) is 4.53. The fraction of sp³-hybridized carbons (Fsp3) is 0.267. The Morgan fingerprint density at radius 2 is 1.90 bits per heavy atom. The number of aromatic nitrogens is 2. The number of fused-ring (bicyclic) bond motifs is 1. The maximum Gasteiger partial charge on any atom is 0.262 e. The molecule has 0 aliphatic heterocycles. The minimum atomic E-state index is -0.236. The van der Waals surface area contributed by atoms with Gasteiger partial charge in [0.15, 0.2) is 5.13 Å². The molecule has 0 aliphatic carbocycles. The fourth-order valence-corrected chi connectivity index (χ4v) is 3.29. The van der Waals surface area contributed by atoms with Gasteiger partial charge in [-0.2, -0.15) is 0 Å². The molecule has 1 aromatic carbocycles. The Hall–Kier alpha value is -2.21. The van der Waals surface area contributed by atoms with Gasteiger partial charge in [0.25, 0.3) is 5.91 Å². The number of benzene rings is 1. The quantitative estimate of drug-likeness (QED) is 0.782. The molecular formula is C15H15N3O2S. The molecule has 1 amide bonds. The van der Waals surface area contributed by atoms with Gasteiger partial charge in [-0.05, 0) is 38.8 Å². The van der Waals surface area contributed by atoms with Crippen LogP contribution in [0.5, 0.6) is 0 Å². The fourth-order valence-electron chi connectivity index (χ4n) is 2.28. The van der Waals surface area contributed by atoms with Gasteiger partial charge in [-0.15, -0.1) is 0 Å². The normalized spacial score (nSPS) is 11.0. The molecule has 1 N–H and O–H groups in total. The van der Waals surface area contributed by atoms with Crippen LogP contribution in [0.25, 0.3) is 10.2 Å². The number of amides is 1. The van der Waals surface area contributed by atoms with Crippen molar-refractivity contribution in [2.45, 2.75) is 27.7 Å². The van der Waals surface area contributed by atoms with Crippen LogP contribution in [0.3, 0.4) is 0 Å². The Morgan fingerprint density at radius 1 is 1.19 bits per heavy atom. The van der Waals surface area contributed by atoms with E-state index in [1.165, 1.54) is 11.3 Å². The van der Waals surface area contributed by atoms with Crippen molar-refractivity contribution in [2.24, 2.45) is 0 Å². The minimum Gasteiger partial charge on any atom is -0.361 e. The third kappa shape index (κ3) is 2.31. The average Bonchev–Trinajstić information content (AvgIpc) is 2.99. The summed E-state index contributed by atoms with van der Waals surface area (Å²) in [4.78, 5) is 16.8. The molecule has 0 saturated heterocycles. The topological polar surface area (TPSA) is 68.0 Å². The molecule has 2 heterocycles. The van der Waals surface area contributed by atoms with Gasteiger partial charge in [0.2, 0.25) is 0 Å². The Bertz CT molecular complexity index is 790. The van der Waals surface area contributed by atoms with Crippen LogP contribution in [-0.4, -0.2) is 16.0 Å².